The molecule has 7 heteroatoms. The average Bonchev–Trinajstić information content (AvgIpc) is 3.10. The molecule has 1 fully saturated rings. The first-order chi connectivity index (χ1) is 12.3. The molecule has 3 rings (SSSR count). The Labute approximate surface area is 152 Å². The Morgan fingerprint density at radius 2 is 1.96 bits per heavy atom. The van der Waals surface area contributed by atoms with Crippen molar-refractivity contribution < 1.29 is 4.79 Å². The van der Waals surface area contributed by atoms with E-state index in [0.717, 1.165) is 29.9 Å². The van der Waals surface area contributed by atoms with E-state index in [1.165, 1.54) is 31.0 Å². The van der Waals surface area contributed by atoms with E-state index in [-0.39, 0.29) is 5.91 Å². The van der Waals surface area contributed by atoms with Crippen LogP contribution in [0, 0.1) is 0 Å². The maximum atomic E-state index is 11.9. The molecule has 1 aromatic carbocycles. The lowest BCUT2D eigenvalue weighted by atomic mass is 10.1. The summed E-state index contributed by atoms with van der Waals surface area (Å²) in [5, 5.41) is 12.3. The van der Waals surface area contributed by atoms with Gasteiger partial charge in [0.15, 0.2) is 5.16 Å². The van der Waals surface area contributed by atoms with Crippen LogP contribution in [0.1, 0.15) is 19.3 Å². The summed E-state index contributed by atoms with van der Waals surface area (Å²) in [6.07, 6.45) is 5.28. The van der Waals surface area contributed by atoms with Gasteiger partial charge in [0.2, 0.25) is 11.9 Å². The molecule has 132 valence electrons. The number of carbonyl (C=O) groups excluding carboxylic acids is 1. The molecule has 1 aliphatic rings. The molecule has 0 unspecified atom stereocenters. The van der Waals surface area contributed by atoms with Gasteiger partial charge in [-0.25, -0.2) is 0 Å². The second-order valence-corrected chi connectivity index (χ2v) is 6.83. The lowest BCUT2D eigenvalue weighted by Gasteiger charge is -2.27. The highest BCUT2D eigenvalue weighted by molar-refractivity contribution is 7.99. The molecular formula is C18H23N5OS. The summed E-state index contributed by atoms with van der Waals surface area (Å²) in [6.45, 7) is 6.07. The third kappa shape index (κ3) is 4.42. The van der Waals surface area contributed by atoms with Gasteiger partial charge in [-0.1, -0.05) is 36.0 Å². The average molecular weight is 357 g/mol. The maximum absolute atomic E-state index is 11.9. The Hall–Kier alpha value is -2.28. The summed E-state index contributed by atoms with van der Waals surface area (Å²) < 4.78 is 2.05. The number of thioether (sulfide) groups is 1. The van der Waals surface area contributed by atoms with E-state index in [1.54, 1.807) is 6.08 Å². The molecule has 0 aliphatic carbocycles. The van der Waals surface area contributed by atoms with Gasteiger partial charge in [-0.3, -0.25) is 9.36 Å². The molecule has 1 aromatic heterocycles. The highest BCUT2D eigenvalue weighted by atomic mass is 32.2. The molecule has 6 nitrogen and oxygen atoms in total. The van der Waals surface area contributed by atoms with E-state index in [4.69, 9.17) is 0 Å². The van der Waals surface area contributed by atoms with E-state index in [0.29, 0.717) is 12.3 Å². The van der Waals surface area contributed by atoms with Gasteiger partial charge >= 0.3 is 0 Å². The second kappa shape index (κ2) is 8.71. The summed E-state index contributed by atoms with van der Waals surface area (Å²) in [4.78, 5) is 14.2. The van der Waals surface area contributed by atoms with Crippen molar-refractivity contribution in [2.45, 2.75) is 24.4 Å². The van der Waals surface area contributed by atoms with Crippen molar-refractivity contribution in [3.63, 3.8) is 0 Å². The smallest absolute Gasteiger partial charge is 0.232 e. The van der Waals surface area contributed by atoms with Crippen molar-refractivity contribution in [1.82, 2.24) is 20.1 Å². The zero-order valence-corrected chi connectivity index (χ0v) is 15.0. The number of nitrogens with one attached hydrogen (secondary N) is 1. The largest absolute Gasteiger partial charge is 0.352 e. The van der Waals surface area contributed by atoms with Gasteiger partial charge in [0, 0.05) is 19.6 Å². The quantitative estimate of drug-likeness (QED) is 0.610. The van der Waals surface area contributed by atoms with Crippen molar-refractivity contribution >= 4 is 23.6 Å². The molecule has 1 N–H and O–H groups in total. The van der Waals surface area contributed by atoms with E-state index < -0.39 is 0 Å². The zero-order valence-electron chi connectivity index (χ0n) is 14.2. The number of aromatic nitrogens is 3. The Kier molecular flexibility index (Phi) is 6.11. The number of hydrogen-bond acceptors (Lipinski definition) is 5. The van der Waals surface area contributed by atoms with Gasteiger partial charge in [0.25, 0.3) is 0 Å². The Morgan fingerprint density at radius 3 is 2.68 bits per heavy atom. The predicted octanol–water partition coefficient (Wildman–Crippen LogP) is 2.65. The van der Waals surface area contributed by atoms with Gasteiger partial charge in [-0.2, -0.15) is 0 Å². The molecule has 0 bridgehead atoms. The van der Waals surface area contributed by atoms with Gasteiger partial charge in [0.1, 0.15) is 0 Å². The van der Waals surface area contributed by atoms with Crippen molar-refractivity contribution in [1.29, 1.82) is 0 Å². The van der Waals surface area contributed by atoms with E-state index in [9.17, 15) is 4.79 Å². The first-order valence-corrected chi connectivity index (χ1v) is 9.54. The fraction of sp³-hybridized carbons (Fsp3) is 0.389. The predicted molar refractivity (Wildman–Crippen MR) is 101 cm³/mol. The third-order valence-corrected chi connectivity index (χ3v) is 4.97. The number of nitrogens with zero attached hydrogens (tertiary/aromatic N) is 4. The molecule has 2 aromatic rings. The van der Waals surface area contributed by atoms with E-state index in [1.807, 2.05) is 30.3 Å². The van der Waals surface area contributed by atoms with Crippen LogP contribution >= 0.6 is 11.8 Å². The van der Waals surface area contributed by atoms with Gasteiger partial charge in [-0.05, 0) is 31.4 Å². The molecule has 25 heavy (non-hydrogen) atoms. The molecular weight excluding hydrogens is 334 g/mol. The minimum atomic E-state index is -0.0352. The van der Waals surface area contributed by atoms with Crippen molar-refractivity contribution in [2.75, 3.05) is 30.3 Å². The number of para-hydroxylation sites is 1. The number of piperidine rings is 1. The highest BCUT2D eigenvalue weighted by Gasteiger charge is 2.21. The summed E-state index contributed by atoms with van der Waals surface area (Å²) in [7, 11) is 0. The molecule has 0 spiro atoms. The van der Waals surface area contributed by atoms with Crippen LogP contribution in [0.2, 0.25) is 0 Å². The van der Waals surface area contributed by atoms with Gasteiger partial charge in [0.05, 0.1) is 11.4 Å². The Balaban J connectivity index is 1.83. The summed E-state index contributed by atoms with van der Waals surface area (Å²) in [6, 6.07) is 10.1. The van der Waals surface area contributed by atoms with Gasteiger partial charge in [-0.15, -0.1) is 16.8 Å². The van der Waals surface area contributed by atoms with Crippen LogP contribution in [0.25, 0.3) is 5.69 Å². The fourth-order valence-electron chi connectivity index (χ4n) is 2.82. The Bertz CT molecular complexity index is 710. The van der Waals surface area contributed by atoms with Crippen LogP contribution in [0.4, 0.5) is 5.95 Å². The number of amides is 1. The van der Waals surface area contributed by atoms with E-state index >= 15 is 0 Å². The minimum Gasteiger partial charge on any atom is -0.352 e. The normalized spacial score (nSPS) is 14.3. The molecule has 0 saturated carbocycles. The summed E-state index contributed by atoms with van der Waals surface area (Å²) >= 11 is 1.40. The summed E-state index contributed by atoms with van der Waals surface area (Å²) in [5.74, 6) is 1.13. The lowest BCUT2D eigenvalue weighted by molar-refractivity contribution is -0.118. The highest BCUT2D eigenvalue weighted by Crippen LogP contribution is 2.28. The van der Waals surface area contributed by atoms with Crippen LogP contribution in [0.3, 0.4) is 0 Å². The number of benzene rings is 1. The molecule has 2 heterocycles. The minimum absolute atomic E-state index is 0.0352. The SMILES string of the molecule is C=CCNC(=O)CSc1nnc(N2CCCCC2)n1-c1ccccc1. The van der Waals surface area contributed by atoms with Crippen molar-refractivity contribution in [3.05, 3.63) is 43.0 Å². The first kappa shape index (κ1) is 17.5. The van der Waals surface area contributed by atoms with Gasteiger partial charge < -0.3 is 10.2 Å². The van der Waals surface area contributed by atoms with Crippen LogP contribution in [0.5, 0.6) is 0 Å². The number of carbonyl (C=O) groups is 1. The van der Waals surface area contributed by atoms with Crippen LogP contribution in [-0.2, 0) is 4.79 Å². The van der Waals surface area contributed by atoms with Crippen LogP contribution < -0.4 is 10.2 Å². The topological polar surface area (TPSA) is 63.1 Å². The molecule has 1 saturated heterocycles. The monoisotopic (exact) mass is 357 g/mol. The van der Waals surface area contributed by atoms with E-state index in [2.05, 4.69) is 31.6 Å². The standard InChI is InChI=1S/C18H23N5OS/c1-2-11-19-16(24)14-25-18-21-20-17(22-12-7-4-8-13-22)23(18)15-9-5-3-6-10-15/h2-3,5-6,9-10H,1,4,7-8,11-14H2,(H,19,24). The molecule has 0 atom stereocenters. The third-order valence-electron chi connectivity index (χ3n) is 4.05. The summed E-state index contributed by atoms with van der Waals surface area (Å²) in [5.41, 5.74) is 1.02. The Morgan fingerprint density at radius 1 is 1.20 bits per heavy atom. The zero-order chi connectivity index (χ0) is 17.5. The van der Waals surface area contributed by atoms with Crippen LogP contribution in [-0.4, -0.2) is 46.1 Å². The number of anilines is 1. The maximum Gasteiger partial charge on any atom is 0.232 e. The lowest BCUT2D eigenvalue weighted by Crippen LogP contribution is -2.31. The number of rotatable bonds is 7. The molecule has 1 amide bonds. The second-order valence-electron chi connectivity index (χ2n) is 5.88. The first-order valence-electron chi connectivity index (χ1n) is 8.56. The fourth-order valence-corrected chi connectivity index (χ4v) is 3.60. The van der Waals surface area contributed by atoms with Crippen LogP contribution in [0.15, 0.2) is 48.1 Å². The molecule has 1 aliphatic heterocycles. The number of hydrogen-bond donors (Lipinski definition) is 1. The van der Waals surface area contributed by atoms with Crippen molar-refractivity contribution in [3.8, 4) is 5.69 Å². The molecule has 0 radical (unpaired) electrons. The van der Waals surface area contributed by atoms with Crippen molar-refractivity contribution in [2.24, 2.45) is 0 Å².